The van der Waals surface area contributed by atoms with Crippen molar-refractivity contribution in [3.8, 4) is 0 Å². The molecule has 3 nitrogen and oxygen atoms in total. The average Bonchev–Trinajstić information content (AvgIpc) is 2.60. The van der Waals surface area contributed by atoms with Crippen molar-refractivity contribution in [2.45, 2.75) is 0 Å². The highest BCUT2D eigenvalue weighted by molar-refractivity contribution is 6.38. The number of nitrogens with one attached hydrogen (secondary N) is 1. The number of H-pyrrole nitrogens is 1. The summed E-state index contributed by atoms with van der Waals surface area (Å²) in [6.45, 7) is 0. The Bertz CT molecular complexity index is 533. The molecule has 1 aromatic carbocycles. The van der Waals surface area contributed by atoms with Crippen molar-refractivity contribution in [2.75, 3.05) is 7.11 Å². The number of hydrogen-bond donors (Lipinski definition) is 1. The maximum atomic E-state index is 11.2. The van der Waals surface area contributed by atoms with Crippen LogP contribution in [-0.2, 0) is 4.74 Å². The second kappa shape index (κ2) is 3.76. The number of fused-ring (bicyclic) bond motifs is 1. The number of aromatic amines is 1. The second-order valence-corrected chi connectivity index (χ2v) is 3.87. The molecule has 1 heterocycles. The number of aromatic nitrogens is 1. The van der Waals surface area contributed by atoms with Crippen molar-refractivity contribution in [1.82, 2.24) is 4.98 Å². The number of methoxy groups -OCH3 is 1. The van der Waals surface area contributed by atoms with Crippen molar-refractivity contribution in [3.05, 3.63) is 33.9 Å². The standard InChI is InChI=1S/C10H7Cl2NO2/c1-15-10(14)8-3-5-2-6(11)4-7(12)9(5)13-8/h2-4,13H,1H3. The van der Waals surface area contributed by atoms with Gasteiger partial charge in [-0.05, 0) is 18.2 Å². The Hall–Kier alpha value is -1.19. The van der Waals surface area contributed by atoms with Gasteiger partial charge in [0.05, 0.1) is 17.6 Å². The second-order valence-electron chi connectivity index (χ2n) is 3.03. The van der Waals surface area contributed by atoms with Gasteiger partial charge < -0.3 is 9.72 Å². The summed E-state index contributed by atoms with van der Waals surface area (Å²) in [5.74, 6) is -0.432. The van der Waals surface area contributed by atoms with E-state index in [9.17, 15) is 4.79 Å². The van der Waals surface area contributed by atoms with Crippen LogP contribution >= 0.6 is 23.2 Å². The number of rotatable bonds is 1. The highest BCUT2D eigenvalue weighted by Crippen LogP contribution is 2.28. The van der Waals surface area contributed by atoms with Crippen LogP contribution in [0, 0.1) is 0 Å². The lowest BCUT2D eigenvalue weighted by Crippen LogP contribution is -2.00. The summed E-state index contributed by atoms with van der Waals surface area (Å²) >= 11 is 11.8. The van der Waals surface area contributed by atoms with Crippen molar-refractivity contribution in [3.63, 3.8) is 0 Å². The van der Waals surface area contributed by atoms with Gasteiger partial charge in [-0.1, -0.05) is 23.2 Å². The van der Waals surface area contributed by atoms with E-state index in [4.69, 9.17) is 23.2 Å². The first-order valence-electron chi connectivity index (χ1n) is 4.18. The van der Waals surface area contributed by atoms with Crippen LogP contribution < -0.4 is 0 Å². The minimum absolute atomic E-state index is 0.358. The van der Waals surface area contributed by atoms with Crippen molar-refractivity contribution in [1.29, 1.82) is 0 Å². The summed E-state index contributed by atoms with van der Waals surface area (Å²) in [5, 5.41) is 1.79. The third-order valence-corrected chi connectivity index (χ3v) is 2.57. The van der Waals surface area contributed by atoms with E-state index in [1.54, 1.807) is 18.2 Å². The SMILES string of the molecule is COC(=O)c1cc2cc(Cl)cc(Cl)c2[nH]1. The van der Waals surface area contributed by atoms with Crippen LogP contribution in [0.5, 0.6) is 0 Å². The van der Waals surface area contributed by atoms with Crippen molar-refractivity contribution < 1.29 is 9.53 Å². The summed E-state index contributed by atoms with van der Waals surface area (Å²) in [6, 6.07) is 4.99. The molecule has 2 rings (SSSR count). The van der Waals surface area contributed by atoms with Gasteiger partial charge >= 0.3 is 5.97 Å². The number of esters is 1. The molecule has 0 radical (unpaired) electrons. The summed E-state index contributed by atoms with van der Waals surface area (Å²) < 4.78 is 4.59. The Morgan fingerprint density at radius 3 is 2.73 bits per heavy atom. The first kappa shape index (κ1) is 10.3. The minimum Gasteiger partial charge on any atom is -0.464 e. The van der Waals surface area contributed by atoms with Crippen LogP contribution in [0.1, 0.15) is 10.5 Å². The van der Waals surface area contributed by atoms with Gasteiger partial charge in [-0.2, -0.15) is 0 Å². The molecule has 0 fully saturated rings. The first-order chi connectivity index (χ1) is 7.11. The number of benzene rings is 1. The number of carbonyl (C=O) groups is 1. The Morgan fingerprint density at radius 1 is 1.33 bits per heavy atom. The number of hydrogen-bond acceptors (Lipinski definition) is 2. The first-order valence-corrected chi connectivity index (χ1v) is 4.93. The zero-order valence-corrected chi connectivity index (χ0v) is 9.32. The lowest BCUT2D eigenvalue weighted by Gasteiger charge is -1.95. The number of ether oxygens (including phenoxy) is 1. The smallest absolute Gasteiger partial charge is 0.354 e. The molecule has 78 valence electrons. The third kappa shape index (κ3) is 1.80. The summed E-state index contributed by atoms with van der Waals surface area (Å²) in [6.07, 6.45) is 0. The fourth-order valence-corrected chi connectivity index (χ4v) is 1.94. The van der Waals surface area contributed by atoms with Gasteiger partial charge in [0.25, 0.3) is 0 Å². The normalized spacial score (nSPS) is 10.6. The molecule has 1 aromatic heterocycles. The highest BCUT2D eigenvalue weighted by Gasteiger charge is 2.11. The summed E-state index contributed by atoms with van der Waals surface area (Å²) in [7, 11) is 1.32. The largest absolute Gasteiger partial charge is 0.464 e. The predicted molar refractivity (Wildman–Crippen MR) is 59.7 cm³/mol. The van der Waals surface area contributed by atoms with Crippen LogP contribution in [-0.4, -0.2) is 18.1 Å². The van der Waals surface area contributed by atoms with Gasteiger partial charge in [0.2, 0.25) is 0 Å². The topological polar surface area (TPSA) is 42.1 Å². The number of halogens is 2. The lowest BCUT2D eigenvalue weighted by atomic mass is 10.2. The van der Waals surface area contributed by atoms with Crippen molar-refractivity contribution in [2.24, 2.45) is 0 Å². The van der Waals surface area contributed by atoms with E-state index in [2.05, 4.69) is 9.72 Å². The van der Waals surface area contributed by atoms with Gasteiger partial charge in [0, 0.05) is 10.4 Å². The molecule has 0 amide bonds. The molecule has 15 heavy (non-hydrogen) atoms. The Labute approximate surface area is 95.9 Å². The van der Waals surface area contributed by atoms with E-state index in [0.29, 0.717) is 21.3 Å². The maximum absolute atomic E-state index is 11.2. The lowest BCUT2D eigenvalue weighted by molar-refractivity contribution is 0.0595. The minimum atomic E-state index is -0.432. The molecular formula is C10H7Cl2NO2. The van der Waals surface area contributed by atoms with Crippen LogP contribution in [0.4, 0.5) is 0 Å². The van der Waals surface area contributed by atoms with E-state index < -0.39 is 5.97 Å². The van der Waals surface area contributed by atoms with Gasteiger partial charge in [0.1, 0.15) is 5.69 Å². The molecule has 0 aliphatic rings. The Morgan fingerprint density at radius 2 is 2.07 bits per heavy atom. The molecule has 2 aromatic rings. The molecule has 0 saturated carbocycles. The Balaban J connectivity index is 2.65. The van der Waals surface area contributed by atoms with Gasteiger partial charge in [-0.3, -0.25) is 0 Å². The fraction of sp³-hybridized carbons (Fsp3) is 0.100. The van der Waals surface area contributed by atoms with Crippen LogP contribution in [0.2, 0.25) is 10.0 Å². The van der Waals surface area contributed by atoms with E-state index >= 15 is 0 Å². The van der Waals surface area contributed by atoms with Crippen LogP contribution in [0.15, 0.2) is 18.2 Å². The van der Waals surface area contributed by atoms with E-state index in [1.165, 1.54) is 7.11 Å². The summed E-state index contributed by atoms with van der Waals surface area (Å²) in [4.78, 5) is 14.1. The van der Waals surface area contributed by atoms with E-state index in [0.717, 1.165) is 5.39 Å². The molecule has 1 N–H and O–H groups in total. The molecule has 5 heteroatoms. The quantitative estimate of drug-likeness (QED) is 0.782. The molecule has 0 unspecified atom stereocenters. The maximum Gasteiger partial charge on any atom is 0.354 e. The predicted octanol–water partition coefficient (Wildman–Crippen LogP) is 3.26. The molecule has 0 aliphatic heterocycles. The molecule has 0 spiro atoms. The van der Waals surface area contributed by atoms with Crippen LogP contribution in [0.3, 0.4) is 0 Å². The van der Waals surface area contributed by atoms with Crippen LogP contribution in [0.25, 0.3) is 10.9 Å². The van der Waals surface area contributed by atoms with Crippen molar-refractivity contribution >= 4 is 40.1 Å². The molecule has 0 saturated heterocycles. The zero-order chi connectivity index (χ0) is 11.0. The van der Waals surface area contributed by atoms with E-state index in [-0.39, 0.29) is 0 Å². The Kier molecular flexibility index (Phi) is 2.59. The van der Waals surface area contributed by atoms with Gasteiger partial charge in [-0.15, -0.1) is 0 Å². The van der Waals surface area contributed by atoms with E-state index in [1.807, 2.05) is 0 Å². The average molecular weight is 244 g/mol. The summed E-state index contributed by atoms with van der Waals surface area (Å²) in [5.41, 5.74) is 1.04. The number of carbonyl (C=O) groups excluding carboxylic acids is 1. The van der Waals surface area contributed by atoms with Gasteiger partial charge in [0.15, 0.2) is 0 Å². The zero-order valence-electron chi connectivity index (χ0n) is 7.80. The van der Waals surface area contributed by atoms with Gasteiger partial charge in [-0.25, -0.2) is 4.79 Å². The third-order valence-electron chi connectivity index (χ3n) is 2.05. The highest BCUT2D eigenvalue weighted by atomic mass is 35.5. The molecular weight excluding hydrogens is 237 g/mol. The molecule has 0 atom stereocenters. The molecule has 0 aliphatic carbocycles. The fourth-order valence-electron chi connectivity index (χ4n) is 1.39. The molecule has 0 bridgehead atoms. The monoisotopic (exact) mass is 243 g/mol.